The topological polar surface area (TPSA) is 21.1 Å². The third kappa shape index (κ3) is 3.50. The number of halogens is 1. The summed E-state index contributed by atoms with van der Waals surface area (Å²) in [6, 6.07) is 1.96. The van der Waals surface area contributed by atoms with E-state index < -0.39 is 0 Å². The van der Waals surface area contributed by atoms with Gasteiger partial charge in [0, 0.05) is 12.0 Å². The maximum Gasteiger partial charge on any atom is 0.127 e. The highest BCUT2D eigenvalue weighted by Crippen LogP contribution is 2.23. The zero-order chi connectivity index (χ0) is 11.6. The highest BCUT2D eigenvalue weighted by atomic mass is 35.5. The third-order valence-electron chi connectivity index (χ3n) is 2.26. The SMILES string of the molecule is CN(C)CCn1nc(C(C)(C)C)cc1Cl. The molecule has 0 unspecified atom stereocenters. The van der Waals surface area contributed by atoms with Crippen molar-refractivity contribution in [3.63, 3.8) is 0 Å². The molecule has 0 atom stereocenters. The second-order valence-corrected chi connectivity index (χ2v) is 5.52. The zero-order valence-corrected chi connectivity index (χ0v) is 11.0. The lowest BCUT2D eigenvalue weighted by atomic mass is 9.93. The Morgan fingerprint density at radius 1 is 1.40 bits per heavy atom. The average molecular weight is 230 g/mol. The minimum atomic E-state index is 0.0625. The van der Waals surface area contributed by atoms with Crippen LogP contribution in [0.25, 0.3) is 0 Å². The molecule has 0 radical (unpaired) electrons. The van der Waals surface area contributed by atoms with E-state index in [0.29, 0.717) is 0 Å². The molecule has 0 saturated heterocycles. The van der Waals surface area contributed by atoms with Crippen molar-refractivity contribution in [1.29, 1.82) is 0 Å². The van der Waals surface area contributed by atoms with Crippen LogP contribution in [0.1, 0.15) is 26.5 Å². The minimum absolute atomic E-state index is 0.0625. The number of hydrogen-bond acceptors (Lipinski definition) is 2. The first-order chi connectivity index (χ1) is 6.80. The monoisotopic (exact) mass is 229 g/mol. The van der Waals surface area contributed by atoms with E-state index in [1.165, 1.54) is 0 Å². The molecule has 0 bridgehead atoms. The van der Waals surface area contributed by atoms with Crippen LogP contribution in [0.2, 0.25) is 5.15 Å². The number of nitrogens with zero attached hydrogens (tertiary/aromatic N) is 3. The molecule has 0 aliphatic rings. The molecule has 1 aromatic heterocycles. The van der Waals surface area contributed by atoms with E-state index >= 15 is 0 Å². The Hall–Kier alpha value is -0.540. The smallest absolute Gasteiger partial charge is 0.127 e. The third-order valence-corrected chi connectivity index (χ3v) is 2.56. The summed E-state index contributed by atoms with van der Waals surface area (Å²) < 4.78 is 1.86. The van der Waals surface area contributed by atoms with Crippen molar-refractivity contribution in [2.75, 3.05) is 20.6 Å². The number of likely N-dealkylation sites (N-methyl/N-ethyl adjacent to an activating group) is 1. The van der Waals surface area contributed by atoms with E-state index in [1.807, 2.05) is 24.8 Å². The van der Waals surface area contributed by atoms with Gasteiger partial charge in [0.1, 0.15) is 5.15 Å². The molecule has 4 heteroatoms. The Kier molecular flexibility index (Phi) is 3.79. The molecule has 1 rings (SSSR count). The predicted molar refractivity (Wildman–Crippen MR) is 64.5 cm³/mol. The van der Waals surface area contributed by atoms with Gasteiger partial charge < -0.3 is 4.90 Å². The second kappa shape index (κ2) is 4.54. The van der Waals surface area contributed by atoms with E-state index in [9.17, 15) is 0 Å². The lowest BCUT2D eigenvalue weighted by Gasteiger charge is -2.14. The van der Waals surface area contributed by atoms with Gasteiger partial charge in [0.25, 0.3) is 0 Å². The first-order valence-corrected chi connectivity index (χ1v) is 5.57. The molecule has 0 spiro atoms. The van der Waals surface area contributed by atoms with E-state index in [1.54, 1.807) is 0 Å². The van der Waals surface area contributed by atoms with Crippen LogP contribution in [0, 0.1) is 0 Å². The molecule has 3 nitrogen and oxygen atoms in total. The summed E-state index contributed by atoms with van der Waals surface area (Å²) >= 11 is 6.12. The van der Waals surface area contributed by atoms with E-state index in [0.717, 1.165) is 23.9 Å². The molecule has 0 aromatic carbocycles. The summed E-state index contributed by atoms with van der Waals surface area (Å²) in [7, 11) is 4.09. The summed E-state index contributed by atoms with van der Waals surface area (Å²) in [5, 5.41) is 5.23. The van der Waals surface area contributed by atoms with Gasteiger partial charge in [-0.2, -0.15) is 5.10 Å². The van der Waals surface area contributed by atoms with Gasteiger partial charge in [-0.25, -0.2) is 0 Å². The molecule has 15 heavy (non-hydrogen) atoms. The normalized spacial score (nSPS) is 12.5. The standard InChI is InChI=1S/C11H20ClN3/c1-11(2,3)9-8-10(12)15(13-9)7-6-14(4)5/h8H,6-7H2,1-5H3. The summed E-state index contributed by atoms with van der Waals surface area (Å²) in [6.45, 7) is 8.21. The maximum absolute atomic E-state index is 6.12. The van der Waals surface area contributed by atoms with Gasteiger partial charge in [-0.05, 0) is 20.2 Å². The van der Waals surface area contributed by atoms with Crippen LogP contribution in [0.4, 0.5) is 0 Å². The molecule has 1 heterocycles. The maximum atomic E-state index is 6.12. The molecule has 0 aliphatic carbocycles. The number of rotatable bonds is 3. The summed E-state index contributed by atoms with van der Waals surface area (Å²) in [6.07, 6.45) is 0. The van der Waals surface area contributed by atoms with Crippen molar-refractivity contribution < 1.29 is 0 Å². The van der Waals surface area contributed by atoms with Gasteiger partial charge in [-0.15, -0.1) is 0 Å². The molecular weight excluding hydrogens is 210 g/mol. The van der Waals surface area contributed by atoms with Crippen LogP contribution in [0.15, 0.2) is 6.07 Å². The summed E-state index contributed by atoms with van der Waals surface area (Å²) in [5.74, 6) is 0. The fourth-order valence-electron chi connectivity index (χ4n) is 1.21. The van der Waals surface area contributed by atoms with Crippen molar-refractivity contribution in [2.45, 2.75) is 32.7 Å². The Morgan fingerprint density at radius 3 is 2.40 bits per heavy atom. The van der Waals surface area contributed by atoms with Crippen LogP contribution in [0.5, 0.6) is 0 Å². The van der Waals surface area contributed by atoms with Crippen molar-refractivity contribution in [1.82, 2.24) is 14.7 Å². The van der Waals surface area contributed by atoms with Crippen molar-refractivity contribution in [3.8, 4) is 0 Å². The second-order valence-electron chi connectivity index (χ2n) is 5.13. The minimum Gasteiger partial charge on any atom is -0.308 e. The van der Waals surface area contributed by atoms with Gasteiger partial charge in [0.05, 0.1) is 12.2 Å². The van der Waals surface area contributed by atoms with Gasteiger partial charge in [0.15, 0.2) is 0 Å². The van der Waals surface area contributed by atoms with Crippen LogP contribution in [0.3, 0.4) is 0 Å². The van der Waals surface area contributed by atoms with E-state index in [-0.39, 0.29) is 5.41 Å². The molecular formula is C11H20ClN3. The molecule has 86 valence electrons. The Labute approximate surface area is 97.0 Å². The van der Waals surface area contributed by atoms with E-state index in [2.05, 4.69) is 30.8 Å². The first kappa shape index (κ1) is 12.5. The van der Waals surface area contributed by atoms with Gasteiger partial charge in [0.2, 0.25) is 0 Å². The molecule has 0 amide bonds. The lowest BCUT2D eigenvalue weighted by Crippen LogP contribution is -2.20. The lowest BCUT2D eigenvalue weighted by molar-refractivity contribution is 0.371. The molecule has 1 aromatic rings. The predicted octanol–water partition coefficient (Wildman–Crippen LogP) is 2.40. The number of aromatic nitrogens is 2. The van der Waals surface area contributed by atoms with Crippen molar-refractivity contribution >= 4 is 11.6 Å². The van der Waals surface area contributed by atoms with Gasteiger partial charge in [-0.3, -0.25) is 4.68 Å². The van der Waals surface area contributed by atoms with Crippen LogP contribution < -0.4 is 0 Å². The highest BCUT2D eigenvalue weighted by molar-refractivity contribution is 6.29. The molecule has 0 N–H and O–H groups in total. The molecule has 0 saturated carbocycles. The summed E-state index contributed by atoms with van der Waals surface area (Å²) in [5.41, 5.74) is 1.11. The average Bonchev–Trinajstić information content (AvgIpc) is 2.42. The zero-order valence-electron chi connectivity index (χ0n) is 10.2. The fraction of sp³-hybridized carbons (Fsp3) is 0.727. The first-order valence-electron chi connectivity index (χ1n) is 5.19. The number of hydrogen-bond donors (Lipinski definition) is 0. The van der Waals surface area contributed by atoms with Crippen LogP contribution in [-0.2, 0) is 12.0 Å². The van der Waals surface area contributed by atoms with Crippen LogP contribution in [-0.4, -0.2) is 35.3 Å². The van der Waals surface area contributed by atoms with Crippen LogP contribution >= 0.6 is 11.6 Å². The van der Waals surface area contributed by atoms with Crippen molar-refractivity contribution in [3.05, 3.63) is 16.9 Å². The van der Waals surface area contributed by atoms with Gasteiger partial charge in [-0.1, -0.05) is 32.4 Å². The summed E-state index contributed by atoms with van der Waals surface area (Å²) in [4.78, 5) is 2.12. The van der Waals surface area contributed by atoms with Gasteiger partial charge >= 0.3 is 0 Å². The fourth-order valence-corrected chi connectivity index (χ4v) is 1.44. The molecule has 0 fully saturated rings. The van der Waals surface area contributed by atoms with E-state index in [4.69, 9.17) is 11.6 Å². The largest absolute Gasteiger partial charge is 0.308 e. The van der Waals surface area contributed by atoms with Crippen molar-refractivity contribution in [2.24, 2.45) is 0 Å². The molecule has 0 aliphatic heterocycles. The Balaban J connectivity index is 2.78. The Bertz CT molecular complexity index is 323. The Morgan fingerprint density at radius 2 is 2.00 bits per heavy atom. The highest BCUT2D eigenvalue weighted by Gasteiger charge is 2.18. The quantitative estimate of drug-likeness (QED) is 0.794.